The summed E-state index contributed by atoms with van der Waals surface area (Å²) in [6.45, 7) is 2.35. The fourth-order valence-electron chi connectivity index (χ4n) is 1.19. The monoisotopic (exact) mass is 297 g/mol. The molecule has 0 unspecified atom stereocenters. The maximum absolute atomic E-state index is 11.6. The largest absolute Gasteiger partial charge is 0.285 e. The molecule has 0 N–H and O–H groups in total. The van der Waals surface area contributed by atoms with Crippen molar-refractivity contribution in [2.45, 2.75) is 39.0 Å². The summed E-state index contributed by atoms with van der Waals surface area (Å²) in [6, 6.07) is 2.05. The fraction of sp³-hybridized carbons (Fsp3) is 0.909. The van der Waals surface area contributed by atoms with E-state index in [1.807, 2.05) is 6.92 Å². The molecule has 0 aromatic heterocycles. The molecule has 0 saturated heterocycles. The van der Waals surface area contributed by atoms with Crippen LogP contribution in [0.1, 0.15) is 39.0 Å². The second kappa shape index (κ2) is 8.75. The molecule has 0 saturated carbocycles. The molecule has 0 aromatic carbocycles. The average Bonchev–Trinajstić information content (AvgIpc) is 2.24. The summed E-state index contributed by atoms with van der Waals surface area (Å²) >= 11 is 0. The van der Waals surface area contributed by atoms with Gasteiger partial charge in [0.25, 0.3) is 10.1 Å². The molecule has 0 spiro atoms. The average molecular weight is 297 g/mol. The molecule has 18 heavy (non-hydrogen) atoms. The minimum atomic E-state index is -3.49. The number of unbranched alkanes of at least 4 members (excludes halogenated alkanes) is 3. The zero-order valence-corrected chi connectivity index (χ0v) is 13.0. The van der Waals surface area contributed by atoms with Crippen molar-refractivity contribution >= 4 is 20.7 Å². The molecule has 0 fully saturated rings. The van der Waals surface area contributed by atoms with E-state index < -0.39 is 20.7 Å². The summed E-state index contributed by atoms with van der Waals surface area (Å²) in [5, 5.41) is 8.37. The summed E-state index contributed by atoms with van der Waals surface area (Å²) in [6.07, 6.45) is 6.74. The van der Waals surface area contributed by atoms with Gasteiger partial charge in [0, 0.05) is 18.9 Å². The van der Waals surface area contributed by atoms with Crippen LogP contribution >= 0.6 is 10.6 Å². The minimum Gasteiger partial charge on any atom is -0.284 e. The van der Waals surface area contributed by atoms with Crippen molar-refractivity contribution in [2.24, 2.45) is 0 Å². The molecule has 0 amide bonds. The van der Waals surface area contributed by atoms with E-state index in [1.54, 1.807) is 12.5 Å². The summed E-state index contributed by atoms with van der Waals surface area (Å²) in [4.78, 5) is 0. The van der Waals surface area contributed by atoms with Crippen molar-refractivity contribution in [3.8, 4) is 6.07 Å². The van der Waals surface area contributed by atoms with Crippen molar-refractivity contribution in [1.82, 2.24) is 0 Å². The fourth-order valence-corrected chi connectivity index (χ4v) is 4.78. The molecule has 0 aliphatic carbocycles. The first-order chi connectivity index (χ1) is 8.33. The highest BCUT2D eigenvalue weighted by Crippen LogP contribution is 2.44. The van der Waals surface area contributed by atoms with Crippen LogP contribution in [-0.2, 0) is 17.9 Å². The molecule has 7 heteroatoms. The Morgan fingerprint density at radius 1 is 1.17 bits per heavy atom. The predicted octanol–water partition coefficient (Wildman–Crippen LogP) is 2.74. The number of hydrogen-bond donors (Lipinski definition) is 0. The van der Waals surface area contributed by atoms with Crippen molar-refractivity contribution < 1.29 is 16.2 Å². The van der Waals surface area contributed by atoms with Crippen molar-refractivity contribution in [3.63, 3.8) is 0 Å². The van der Waals surface area contributed by atoms with Gasteiger partial charge in [-0.15, -0.1) is 0 Å². The maximum Gasteiger partial charge on any atom is 0.285 e. The number of hydrogen-bond acceptors (Lipinski definition) is 5. The molecular formula is C11H23NO4S2. The molecule has 0 aliphatic heterocycles. The Bertz CT molecular complexity index is 360. The quantitative estimate of drug-likeness (QED) is 0.579. The third-order valence-corrected chi connectivity index (χ3v) is 5.73. The SMILES string of the molecule is CCCCS(=O)(=O)OS(C)(C)OCCCCC#N. The van der Waals surface area contributed by atoms with E-state index in [2.05, 4.69) is 6.07 Å². The van der Waals surface area contributed by atoms with Crippen LogP contribution in [-0.4, -0.2) is 33.3 Å². The molecule has 0 radical (unpaired) electrons. The minimum absolute atomic E-state index is 0.0394. The van der Waals surface area contributed by atoms with E-state index in [9.17, 15) is 8.42 Å². The second-order valence-electron chi connectivity index (χ2n) is 4.26. The third-order valence-electron chi connectivity index (χ3n) is 2.07. The zero-order chi connectivity index (χ0) is 14.1. The van der Waals surface area contributed by atoms with Crippen LogP contribution in [0.4, 0.5) is 0 Å². The molecule has 108 valence electrons. The molecule has 0 heterocycles. The Morgan fingerprint density at radius 3 is 2.39 bits per heavy atom. The first kappa shape index (κ1) is 17.7. The molecule has 0 aliphatic rings. The van der Waals surface area contributed by atoms with Crippen LogP contribution in [0.25, 0.3) is 0 Å². The lowest BCUT2D eigenvalue weighted by Crippen LogP contribution is -2.15. The van der Waals surface area contributed by atoms with Crippen LogP contribution in [0.2, 0.25) is 0 Å². The standard InChI is InChI=1S/C11H23NO4S2/c1-4-5-11-18(13,14)16-17(2,3)15-10-8-6-7-9-12/h4-8,10-11H2,1-3H3. The van der Waals surface area contributed by atoms with Crippen molar-refractivity contribution in [1.29, 1.82) is 5.26 Å². The van der Waals surface area contributed by atoms with Gasteiger partial charge in [-0.3, -0.25) is 4.18 Å². The predicted molar refractivity (Wildman–Crippen MR) is 74.6 cm³/mol. The maximum atomic E-state index is 11.6. The molecule has 0 aromatic rings. The van der Waals surface area contributed by atoms with Crippen LogP contribution in [0, 0.1) is 11.3 Å². The van der Waals surface area contributed by atoms with E-state index in [4.69, 9.17) is 13.1 Å². The Morgan fingerprint density at radius 2 is 1.83 bits per heavy atom. The lowest BCUT2D eigenvalue weighted by molar-refractivity contribution is 0.316. The lowest BCUT2D eigenvalue weighted by atomic mass is 10.3. The van der Waals surface area contributed by atoms with E-state index in [1.165, 1.54) is 0 Å². The number of nitrogens with zero attached hydrogens (tertiary/aromatic N) is 1. The Labute approximate surface area is 112 Å². The van der Waals surface area contributed by atoms with Gasteiger partial charge >= 0.3 is 0 Å². The van der Waals surface area contributed by atoms with Crippen LogP contribution in [0.3, 0.4) is 0 Å². The molecule has 0 atom stereocenters. The van der Waals surface area contributed by atoms with Gasteiger partial charge in [0.05, 0.1) is 18.4 Å². The third kappa shape index (κ3) is 9.71. The Kier molecular flexibility index (Phi) is 8.61. The first-order valence-corrected chi connectivity index (χ1v) is 9.89. The Hall–Kier alpha value is -0.290. The smallest absolute Gasteiger partial charge is 0.284 e. The van der Waals surface area contributed by atoms with Gasteiger partial charge in [0.2, 0.25) is 0 Å². The summed E-state index contributed by atoms with van der Waals surface area (Å²) in [7, 11) is -5.52. The molecule has 0 rings (SSSR count). The molecular weight excluding hydrogens is 274 g/mol. The van der Waals surface area contributed by atoms with Gasteiger partial charge in [0.1, 0.15) is 0 Å². The molecule has 0 bridgehead atoms. The van der Waals surface area contributed by atoms with Crippen LogP contribution in [0.15, 0.2) is 0 Å². The highest BCUT2D eigenvalue weighted by atomic mass is 32.3. The van der Waals surface area contributed by atoms with Crippen molar-refractivity contribution in [2.75, 3.05) is 24.9 Å². The zero-order valence-electron chi connectivity index (χ0n) is 11.3. The highest BCUT2D eigenvalue weighted by Gasteiger charge is 2.20. The summed E-state index contributed by atoms with van der Waals surface area (Å²) in [5.74, 6) is 0.0394. The number of rotatable bonds is 10. The molecule has 5 nitrogen and oxygen atoms in total. The van der Waals surface area contributed by atoms with Gasteiger partial charge in [-0.25, -0.2) is 0 Å². The second-order valence-corrected chi connectivity index (χ2v) is 8.85. The van der Waals surface area contributed by atoms with E-state index >= 15 is 0 Å². The van der Waals surface area contributed by atoms with Gasteiger partial charge in [-0.2, -0.15) is 27.9 Å². The van der Waals surface area contributed by atoms with Crippen molar-refractivity contribution in [3.05, 3.63) is 0 Å². The van der Waals surface area contributed by atoms with E-state index in [-0.39, 0.29) is 5.75 Å². The van der Waals surface area contributed by atoms with Crippen LogP contribution < -0.4 is 0 Å². The topological polar surface area (TPSA) is 76.4 Å². The van der Waals surface area contributed by atoms with E-state index in [0.29, 0.717) is 19.4 Å². The normalized spacial score (nSPS) is 13.2. The number of nitriles is 1. The van der Waals surface area contributed by atoms with Gasteiger partial charge in [-0.05, 0) is 19.3 Å². The van der Waals surface area contributed by atoms with Crippen LogP contribution in [0.5, 0.6) is 0 Å². The van der Waals surface area contributed by atoms with E-state index in [0.717, 1.165) is 19.3 Å². The summed E-state index contributed by atoms with van der Waals surface area (Å²) < 4.78 is 33.8. The van der Waals surface area contributed by atoms with Gasteiger partial charge in [0.15, 0.2) is 0 Å². The highest BCUT2D eigenvalue weighted by molar-refractivity contribution is 8.28. The first-order valence-electron chi connectivity index (χ1n) is 6.01. The van der Waals surface area contributed by atoms with Gasteiger partial charge < -0.3 is 0 Å². The Balaban J connectivity index is 4.02. The van der Waals surface area contributed by atoms with Gasteiger partial charge in [-0.1, -0.05) is 13.3 Å². The summed E-state index contributed by atoms with van der Waals surface area (Å²) in [5.41, 5.74) is 0. The lowest BCUT2D eigenvalue weighted by Gasteiger charge is -2.33.